The van der Waals surface area contributed by atoms with Crippen molar-refractivity contribution in [2.75, 3.05) is 13.4 Å². The number of rotatable bonds is 2. The molecular formula is C10H9F3O2S. The number of carbonyl (C=O) groups excluding carboxylic acids is 1. The summed E-state index contributed by atoms with van der Waals surface area (Å²) in [5.74, 6) is -0.768. The van der Waals surface area contributed by atoms with Crippen LogP contribution < -0.4 is 0 Å². The van der Waals surface area contributed by atoms with Gasteiger partial charge in [0.05, 0.1) is 18.2 Å². The maximum atomic E-state index is 12.4. The van der Waals surface area contributed by atoms with E-state index in [1.165, 1.54) is 17.8 Å². The summed E-state index contributed by atoms with van der Waals surface area (Å²) in [5.41, 5.74) is -0.921. The number of ether oxygens (including phenoxy) is 1. The molecule has 0 atom stereocenters. The van der Waals surface area contributed by atoms with Gasteiger partial charge in [0.25, 0.3) is 0 Å². The summed E-state index contributed by atoms with van der Waals surface area (Å²) in [6.07, 6.45) is -2.78. The number of hydrogen-bond acceptors (Lipinski definition) is 3. The van der Waals surface area contributed by atoms with Gasteiger partial charge < -0.3 is 4.74 Å². The first-order valence-electron chi connectivity index (χ1n) is 4.23. The first kappa shape index (κ1) is 12.9. The van der Waals surface area contributed by atoms with Gasteiger partial charge in [0.1, 0.15) is 0 Å². The van der Waals surface area contributed by atoms with Crippen molar-refractivity contribution >= 4 is 17.7 Å². The Labute approximate surface area is 94.8 Å². The van der Waals surface area contributed by atoms with Crippen molar-refractivity contribution in [2.45, 2.75) is 11.1 Å². The number of hydrogen-bond donors (Lipinski definition) is 0. The maximum Gasteiger partial charge on any atom is 0.416 e. The third kappa shape index (κ3) is 2.69. The summed E-state index contributed by atoms with van der Waals surface area (Å²) in [4.78, 5) is 11.7. The quantitative estimate of drug-likeness (QED) is 0.595. The van der Waals surface area contributed by atoms with E-state index in [0.717, 1.165) is 19.2 Å². The van der Waals surface area contributed by atoms with E-state index < -0.39 is 17.7 Å². The molecule has 0 bridgehead atoms. The monoisotopic (exact) mass is 250 g/mol. The molecule has 0 N–H and O–H groups in total. The molecular weight excluding hydrogens is 241 g/mol. The first-order chi connectivity index (χ1) is 7.40. The fraction of sp³-hybridized carbons (Fsp3) is 0.300. The summed E-state index contributed by atoms with van der Waals surface area (Å²) < 4.78 is 41.7. The fourth-order valence-electron chi connectivity index (χ4n) is 1.15. The topological polar surface area (TPSA) is 26.3 Å². The van der Waals surface area contributed by atoms with Crippen molar-refractivity contribution in [3.63, 3.8) is 0 Å². The SMILES string of the molecule is COC(=O)c1cc(C(F)(F)F)ccc1SC. The van der Waals surface area contributed by atoms with Crippen molar-refractivity contribution in [1.82, 2.24) is 0 Å². The van der Waals surface area contributed by atoms with Crippen LogP contribution in [0.3, 0.4) is 0 Å². The van der Waals surface area contributed by atoms with E-state index in [4.69, 9.17) is 0 Å². The molecule has 6 heteroatoms. The van der Waals surface area contributed by atoms with Gasteiger partial charge in [0.2, 0.25) is 0 Å². The molecule has 0 aliphatic carbocycles. The predicted molar refractivity (Wildman–Crippen MR) is 54.6 cm³/mol. The number of thioether (sulfide) groups is 1. The second-order valence-electron chi connectivity index (χ2n) is 2.90. The molecule has 1 aromatic carbocycles. The number of benzene rings is 1. The Morgan fingerprint density at radius 2 is 2.00 bits per heavy atom. The van der Waals surface area contributed by atoms with Gasteiger partial charge in [-0.25, -0.2) is 4.79 Å². The molecule has 0 unspecified atom stereocenters. The van der Waals surface area contributed by atoms with Crippen LogP contribution in [0.2, 0.25) is 0 Å². The number of esters is 1. The predicted octanol–water partition coefficient (Wildman–Crippen LogP) is 3.21. The van der Waals surface area contributed by atoms with E-state index in [0.29, 0.717) is 4.90 Å². The summed E-state index contributed by atoms with van der Waals surface area (Å²) >= 11 is 1.19. The Bertz CT molecular complexity index is 402. The molecule has 0 saturated carbocycles. The van der Waals surface area contributed by atoms with Gasteiger partial charge in [-0.1, -0.05) is 0 Å². The molecule has 1 aromatic rings. The van der Waals surface area contributed by atoms with Gasteiger partial charge in [-0.15, -0.1) is 11.8 Å². The van der Waals surface area contributed by atoms with Crippen molar-refractivity contribution in [3.8, 4) is 0 Å². The summed E-state index contributed by atoms with van der Waals surface area (Å²) in [5, 5.41) is 0. The maximum absolute atomic E-state index is 12.4. The molecule has 88 valence electrons. The highest BCUT2D eigenvalue weighted by atomic mass is 32.2. The number of carbonyl (C=O) groups is 1. The highest BCUT2D eigenvalue weighted by Gasteiger charge is 2.31. The minimum absolute atomic E-state index is 0.0650. The summed E-state index contributed by atoms with van der Waals surface area (Å²) in [6, 6.07) is 3.01. The third-order valence-electron chi connectivity index (χ3n) is 1.93. The second-order valence-corrected chi connectivity index (χ2v) is 3.75. The van der Waals surface area contributed by atoms with Crippen LogP contribution in [-0.2, 0) is 10.9 Å². The molecule has 0 heterocycles. The smallest absolute Gasteiger partial charge is 0.416 e. The molecule has 0 aliphatic rings. The van der Waals surface area contributed by atoms with Crippen LogP contribution in [0.4, 0.5) is 13.2 Å². The van der Waals surface area contributed by atoms with Crippen LogP contribution >= 0.6 is 11.8 Å². The molecule has 0 radical (unpaired) electrons. The molecule has 1 rings (SSSR count). The zero-order valence-electron chi connectivity index (χ0n) is 8.59. The zero-order chi connectivity index (χ0) is 12.3. The Hall–Kier alpha value is -1.17. The summed E-state index contributed by atoms with van der Waals surface area (Å²) in [6.45, 7) is 0. The van der Waals surface area contributed by atoms with E-state index in [-0.39, 0.29) is 5.56 Å². The molecule has 0 amide bonds. The average Bonchev–Trinajstić information content (AvgIpc) is 2.25. The molecule has 16 heavy (non-hydrogen) atoms. The lowest BCUT2D eigenvalue weighted by molar-refractivity contribution is -0.137. The normalized spacial score (nSPS) is 11.3. The summed E-state index contributed by atoms with van der Waals surface area (Å²) in [7, 11) is 1.13. The molecule has 0 saturated heterocycles. The van der Waals surface area contributed by atoms with Crippen molar-refractivity contribution in [2.24, 2.45) is 0 Å². The molecule has 0 fully saturated rings. The Kier molecular flexibility index (Phi) is 3.85. The van der Waals surface area contributed by atoms with Crippen LogP contribution in [0, 0.1) is 0 Å². The Balaban J connectivity index is 3.27. The van der Waals surface area contributed by atoms with Gasteiger partial charge >= 0.3 is 12.1 Å². The molecule has 0 aromatic heterocycles. The van der Waals surface area contributed by atoms with Gasteiger partial charge in [-0.05, 0) is 24.5 Å². The lowest BCUT2D eigenvalue weighted by atomic mass is 10.1. The van der Waals surface area contributed by atoms with Crippen LogP contribution in [0.25, 0.3) is 0 Å². The van der Waals surface area contributed by atoms with Gasteiger partial charge in [-0.2, -0.15) is 13.2 Å². The Morgan fingerprint density at radius 1 is 1.38 bits per heavy atom. The molecule has 0 aliphatic heterocycles. The van der Waals surface area contributed by atoms with Crippen molar-refractivity contribution in [1.29, 1.82) is 0 Å². The lowest BCUT2D eigenvalue weighted by Crippen LogP contribution is -2.09. The van der Waals surface area contributed by atoms with E-state index in [1.54, 1.807) is 6.26 Å². The van der Waals surface area contributed by atoms with Crippen LogP contribution in [0.15, 0.2) is 23.1 Å². The van der Waals surface area contributed by atoms with E-state index >= 15 is 0 Å². The standard InChI is InChI=1S/C10H9F3O2S/c1-15-9(14)7-5-6(10(11,12)13)3-4-8(7)16-2/h3-5H,1-2H3. The minimum Gasteiger partial charge on any atom is -0.465 e. The zero-order valence-corrected chi connectivity index (χ0v) is 9.41. The lowest BCUT2D eigenvalue weighted by Gasteiger charge is -2.10. The van der Waals surface area contributed by atoms with E-state index in [1.807, 2.05) is 0 Å². The number of methoxy groups -OCH3 is 1. The first-order valence-corrected chi connectivity index (χ1v) is 5.46. The molecule has 0 spiro atoms. The van der Waals surface area contributed by atoms with E-state index in [9.17, 15) is 18.0 Å². The number of alkyl halides is 3. The highest BCUT2D eigenvalue weighted by Crippen LogP contribution is 2.32. The van der Waals surface area contributed by atoms with E-state index in [2.05, 4.69) is 4.74 Å². The minimum atomic E-state index is -4.46. The largest absolute Gasteiger partial charge is 0.465 e. The van der Waals surface area contributed by atoms with Crippen LogP contribution in [0.1, 0.15) is 15.9 Å². The van der Waals surface area contributed by atoms with Crippen LogP contribution in [-0.4, -0.2) is 19.3 Å². The van der Waals surface area contributed by atoms with Crippen molar-refractivity contribution < 1.29 is 22.7 Å². The van der Waals surface area contributed by atoms with Gasteiger partial charge in [0.15, 0.2) is 0 Å². The highest BCUT2D eigenvalue weighted by molar-refractivity contribution is 7.98. The third-order valence-corrected chi connectivity index (χ3v) is 2.73. The molecule has 2 nitrogen and oxygen atoms in total. The Morgan fingerprint density at radius 3 is 2.44 bits per heavy atom. The van der Waals surface area contributed by atoms with Gasteiger partial charge in [0, 0.05) is 4.90 Å². The van der Waals surface area contributed by atoms with Crippen LogP contribution in [0.5, 0.6) is 0 Å². The second kappa shape index (κ2) is 4.78. The fourth-order valence-corrected chi connectivity index (χ4v) is 1.72. The van der Waals surface area contributed by atoms with Crippen molar-refractivity contribution in [3.05, 3.63) is 29.3 Å². The number of halogens is 3. The average molecular weight is 250 g/mol. The van der Waals surface area contributed by atoms with Gasteiger partial charge in [-0.3, -0.25) is 0 Å².